The monoisotopic (exact) mass is 546 g/mol. The second-order valence-corrected chi connectivity index (χ2v) is 13.0. The Morgan fingerprint density at radius 3 is 1.42 bits per heavy atom. The van der Waals surface area contributed by atoms with Crippen molar-refractivity contribution in [3.63, 3.8) is 0 Å². The van der Waals surface area contributed by atoms with Gasteiger partial charge in [0.15, 0.2) is 0 Å². The number of nitrogens with zero attached hydrogens (tertiary/aromatic N) is 2. The van der Waals surface area contributed by atoms with Gasteiger partial charge in [-0.1, -0.05) is 39.5 Å². The largest absolute Gasteiger partial charge is 0.245 e. The van der Waals surface area contributed by atoms with E-state index in [0.717, 1.165) is 33.4 Å². The maximum Gasteiger partial charge on any atom is 0.106 e. The van der Waals surface area contributed by atoms with Crippen LogP contribution in [-0.2, 0) is 18.3 Å². The number of pyridine rings is 2. The molecule has 2 nitrogen and oxygen atoms in total. The quantitative estimate of drug-likeness (QED) is 0.338. The highest BCUT2D eigenvalue weighted by Gasteiger charge is 2.33. The molecular weight excluding hydrogens is 512 g/mol. The van der Waals surface area contributed by atoms with Gasteiger partial charge in [0, 0.05) is 5.41 Å². The first-order chi connectivity index (χ1) is 14.6. The average Bonchev–Trinajstić information content (AvgIpc) is 3.29. The lowest BCUT2D eigenvalue weighted by Gasteiger charge is -2.28. The van der Waals surface area contributed by atoms with E-state index in [-0.39, 0.29) is 5.41 Å². The Morgan fingerprint density at radius 2 is 1.06 bits per heavy atom. The highest BCUT2D eigenvalue weighted by Crippen LogP contribution is 2.43. The maximum atomic E-state index is 4.92. The number of rotatable bonds is 6. The summed E-state index contributed by atoms with van der Waals surface area (Å²) in [5.74, 6) is 0. The van der Waals surface area contributed by atoms with Crippen LogP contribution >= 0.6 is 31.9 Å². The summed E-state index contributed by atoms with van der Waals surface area (Å²) < 4.78 is 1.87. The van der Waals surface area contributed by atoms with Crippen LogP contribution in [0.5, 0.6) is 0 Å². The summed E-state index contributed by atoms with van der Waals surface area (Å²) in [4.78, 5) is 9.83. The summed E-state index contributed by atoms with van der Waals surface area (Å²) in [6.07, 6.45) is 13.1. The molecule has 0 bridgehead atoms. The highest BCUT2D eigenvalue weighted by molar-refractivity contribution is 9.10. The summed E-state index contributed by atoms with van der Waals surface area (Å²) in [5.41, 5.74) is 5.58. The van der Waals surface area contributed by atoms with Crippen LogP contribution in [0.3, 0.4) is 0 Å². The molecule has 31 heavy (non-hydrogen) atoms. The van der Waals surface area contributed by atoms with Gasteiger partial charge in [-0.15, -0.1) is 0 Å². The first-order valence-corrected chi connectivity index (χ1v) is 13.5. The van der Waals surface area contributed by atoms with Crippen molar-refractivity contribution in [3.05, 3.63) is 56.0 Å². The molecular formula is C27H36Br2N2. The molecule has 0 spiro atoms. The molecule has 0 aromatic carbocycles. The van der Waals surface area contributed by atoms with Gasteiger partial charge in [0.05, 0.1) is 11.4 Å². The first kappa shape index (κ1) is 23.4. The van der Waals surface area contributed by atoms with Crippen molar-refractivity contribution in [3.8, 4) is 0 Å². The molecule has 2 heterocycles. The van der Waals surface area contributed by atoms with Gasteiger partial charge in [0.25, 0.3) is 0 Å². The van der Waals surface area contributed by atoms with Crippen molar-refractivity contribution >= 4 is 31.9 Å². The molecule has 2 fully saturated rings. The van der Waals surface area contributed by atoms with Crippen LogP contribution in [0.15, 0.2) is 33.5 Å². The second kappa shape index (κ2) is 8.89. The number of aromatic nitrogens is 2. The first-order valence-electron chi connectivity index (χ1n) is 11.9. The van der Waals surface area contributed by atoms with Crippen molar-refractivity contribution in [1.82, 2.24) is 9.97 Å². The van der Waals surface area contributed by atoms with E-state index in [0.29, 0.717) is 10.8 Å². The van der Waals surface area contributed by atoms with Gasteiger partial charge in [0.1, 0.15) is 9.21 Å². The van der Waals surface area contributed by atoms with E-state index in [2.05, 4.69) is 83.8 Å². The lowest BCUT2D eigenvalue weighted by atomic mass is 9.79. The van der Waals surface area contributed by atoms with Gasteiger partial charge in [-0.25, -0.2) is 9.97 Å². The molecule has 2 aliphatic rings. The molecule has 4 heteroatoms. The smallest absolute Gasteiger partial charge is 0.106 e. The Labute approximate surface area is 205 Å². The SMILES string of the molecule is CC1(Cc2cc(Br)nc(C(C)(C)c3cc(CC4(C)CCCC4)cc(Br)n3)c2)CCCC1. The molecule has 2 aromatic heterocycles. The van der Waals surface area contributed by atoms with Crippen molar-refractivity contribution in [2.24, 2.45) is 10.8 Å². The Bertz CT molecular complexity index is 863. The summed E-state index contributed by atoms with van der Waals surface area (Å²) in [6, 6.07) is 9.08. The zero-order valence-corrected chi connectivity index (χ0v) is 22.7. The van der Waals surface area contributed by atoms with Crippen molar-refractivity contribution < 1.29 is 0 Å². The van der Waals surface area contributed by atoms with E-state index >= 15 is 0 Å². The van der Waals surface area contributed by atoms with Gasteiger partial charge in [-0.3, -0.25) is 0 Å². The van der Waals surface area contributed by atoms with Gasteiger partial charge in [0.2, 0.25) is 0 Å². The predicted octanol–water partition coefficient (Wildman–Crippen LogP) is 8.57. The Morgan fingerprint density at radius 1 is 0.710 bits per heavy atom. The van der Waals surface area contributed by atoms with E-state index in [1.54, 1.807) is 0 Å². The third-order valence-corrected chi connectivity index (χ3v) is 8.68. The molecule has 2 aromatic rings. The van der Waals surface area contributed by atoms with Gasteiger partial charge < -0.3 is 0 Å². The minimum Gasteiger partial charge on any atom is -0.245 e. The van der Waals surface area contributed by atoms with Crippen LogP contribution in [0.25, 0.3) is 0 Å². The summed E-state index contributed by atoms with van der Waals surface area (Å²) >= 11 is 7.40. The molecule has 2 saturated carbocycles. The van der Waals surface area contributed by atoms with Crippen molar-refractivity contribution in [2.75, 3.05) is 0 Å². The molecule has 0 unspecified atom stereocenters. The molecule has 2 aliphatic carbocycles. The van der Waals surface area contributed by atoms with Crippen LogP contribution in [0.4, 0.5) is 0 Å². The van der Waals surface area contributed by atoms with E-state index in [4.69, 9.17) is 9.97 Å². The van der Waals surface area contributed by atoms with Crippen molar-refractivity contribution in [1.29, 1.82) is 0 Å². The molecule has 0 atom stereocenters. The van der Waals surface area contributed by atoms with E-state index in [9.17, 15) is 0 Å². The standard InChI is InChI=1S/C27H36Br2N2/c1-25(2,21-13-19(15-23(28)30-21)17-26(3)9-5-6-10-26)22-14-20(16-24(29)31-22)18-27(4)11-7-8-12-27/h13-16H,5-12,17-18H2,1-4H3. The molecule has 0 amide bonds. The zero-order valence-electron chi connectivity index (χ0n) is 19.5. The molecule has 0 saturated heterocycles. The predicted molar refractivity (Wildman–Crippen MR) is 137 cm³/mol. The lowest BCUT2D eigenvalue weighted by molar-refractivity contribution is 0.334. The van der Waals surface area contributed by atoms with E-state index in [1.807, 2.05) is 0 Å². The normalized spacial score (nSPS) is 20.3. The minimum atomic E-state index is -0.260. The number of hydrogen-bond acceptors (Lipinski definition) is 2. The van der Waals surface area contributed by atoms with Gasteiger partial charge in [-0.05, 0) is 130 Å². The molecule has 168 valence electrons. The lowest BCUT2D eigenvalue weighted by Crippen LogP contribution is -2.24. The van der Waals surface area contributed by atoms with Gasteiger partial charge in [-0.2, -0.15) is 0 Å². The molecule has 0 aliphatic heterocycles. The third-order valence-electron chi connectivity index (χ3n) is 7.87. The highest BCUT2D eigenvalue weighted by atomic mass is 79.9. The fourth-order valence-electron chi connectivity index (χ4n) is 5.87. The van der Waals surface area contributed by atoms with E-state index in [1.165, 1.54) is 62.5 Å². The fourth-order valence-corrected chi connectivity index (χ4v) is 6.84. The van der Waals surface area contributed by atoms with Crippen LogP contribution in [0.1, 0.15) is 102 Å². The Balaban J connectivity index is 1.64. The molecule has 0 radical (unpaired) electrons. The minimum absolute atomic E-state index is 0.260. The average molecular weight is 548 g/mol. The van der Waals surface area contributed by atoms with Crippen LogP contribution < -0.4 is 0 Å². The van der Waals surface area contributed by atoms with Gasteiger partial charge >= 0.3 is 0 Å². The second-order valence-electron chi connectivity index (χ2n) is 11.4. The Hall–Kier alpha value is -0.740. The zero-order chi connectivity index (χ0) is 22.3. The topological polar surface area (TPSA) is 25.8 Å². The molecule has 4 rings (SSSR count). The van der Waals surface area contributed by atoms with Crippen LogP contribution in [-0.4, -0.2) is 9.97 Å². The third kappa shape index (κ3) is 5.43. The Kier molecular flexibility index (Phi) is 6.72. The van der Waals surface area contributed by atoms with Crippen LogP contribution in [0, 0.1) is 10.8 Å². The number of halogens is 2. The van der Waals surface area contributed by atoms with Crippen molar-refractivity contribution in [2.45, 2.75) is 97.3 Å². The molecule has 0 N–H and O–H groups in total. The fraction of sp³-hybridized carbons (Fsp3) is 0.630. The summed E-state index contributed by atoms with van der Waals surface area (Å²) in [5, 5.41) is 0. The van der Waals surface area contributed by atoms with E-state index < -0.39 is 0 Å². The maximum absolute atomic E-state index is 4.92. The summed E-state index contributed by atoms with van der Waals surface area (Å²) in [7, 11) is 0. The summed E-state index contributed by atoms with van der Waals surface area (Å²) in [6.45, 7) is 9.42. The number of hydrogen-bond donors (Lipinski definition) is 0. The van der Waals surface area contributed by atoms with Crippen LogP contribution in [0.2, 0.25) is 0 Å².